The van der Waals surface area contributed by atoms with Crippen LogP contribution in [0.15, 0.2) is 41.8 Å². The van der Waals surface area contributed by atoms with Gasteiger partial charge < -0.3 is 4.74 Å². The number of nitrogens with zero attached hydrogens (tertiary/aromatic N) is 4. The lowest BCUT2D eigenvalue weighted by atomic mass is 10.2. The van der Waals surface area contributed by atoms with Crippen molar-refractivity contribution in [1.29, 1.82) is 0 Å². The van der Waals surface area contributed by atoms with Gasteiger partial charge in [-0.3, -0.25) is 35.4 Å². The van der Waals surface area contributed by atoms with Crippen LogP contribution in [0, 0.1) is 26.0 Å². The summed E-state index contributed by atoms with van der Waals surface area (Å²) < 4.78 is 18.0. The van der Waals surface area contributed by atoms with Crippen LogP contribution in [0.25, 0.3) is 0 Å². The Morgan fingerprint density at radius 2 is 2.00 bits per heavy atom. The fraction of sp³-hybridized carbons (Fsp3) is 0.188. The molecule has 1 aromatic heterocycles. The predicted molar refractivity (Wildman–Crippen MR) is 95.1 cm³/mol. The largest absolute Gasteiger partial charge is 0.460 e. The zero-order chi connectivity index (χ0) is 20.7. The van der Waals surface area contributed by atoms with E-state index in [1.165, 1.54) is 19.2 Å². The first-order valence-corrected chi connectivity index (χ1v) is 7.73. The van der Waals surface area contributed by atoms with Crippen molar-refractivity contribution >= 4 is 28.7 Å². The van der Waals surface area contributed by atoms with Gasteiger partial charge in [-0.15, -0.1) is 0 Å². The molecular formula is C16H14FN5O6. The number of ether oxygens (including phenoxy) is 1. The molecular weight excluding hydrogens is 377 g/mol. The topological polar surface area (TPSA) is 150 Å². The van der Waals surface area contributed by atoms with E-state index in [9.17, 15) is 29.4 Å². The Morgan fingerprint density at radius 3 is 2.64 bits per heavy atom. The SMILES string of the molecule is C/C(CC(=O)OCc1cncc(F)c1)=N\Nc1ccc([N+](=O)[O-])cc1[N+](=O)[O-]. The van der Waals surface area contributed by atoms with Crippen molar-refractivity contribution in [3.05, 3.63) is 68.3 Å². The summed E-state index contributed by atoms with van der Waals surface area (Å²) >= 11 is 0. The van der Waals surface area contributed by atoms with E-state index in [0.29, 0.717) is 5.56 Å². The highest BCUT2D eigenvalue weighted by Crippen LogP contribution is 2.28. The molecule has 0 radical (unpaired) electrons. The number of nitrogens with one attached hydrogen (secondary N) is 1. The van der Waals surface area contributed by atoms with Crippen molar-refractivity contribution in [3.8, 4) is 0 Å². The van der Waals surface area contributed by atoms with Gasteiger partial charge in [-0.1, -0.05) is 0 Å². The fourth-order valence-electron chi connectivity index (χ4n) is 2.03. The van der Waals surface area contributed by atoms with Crippen LogP contribution in [0.5, 0.6) is 0 Å². The molecule has 0 saturated heterocycles. The van der Waals surface area contributed by atoms with Crippen LogP contribution in [0.4, 0.5) is 21.5 Å². The minimum absolute atomic E-state index is 0.0749. The number of non-ortho nitro benzene ring substituents is 1. The summed E-state index contributed by atoms with van der Waals surface area (Å²) in [6.45, 7) is 1.31. The van der Waals surface area contributed by atoms with Crippen molar-refractivity contribution in [1.82, 2.24) is 4.98 Å². The van der Waals surface area contributed by atoms with Crippen molar-refractivity contribution in [2.75, 3.05) is 5.43 Å². The molecule has 0 aliphatic rings. The number of esters is 1. The second-order valence-electron chi connectivity index (χ2n) is 5.52. The number of anilines is 1. The van der Waals surface area contributed by atoms with E-state index in [2.05, 4.69) is 15.5 Å². The van der Waals surface area contributed by atoms with Crippen LogP contribution < -0.4 is 5.43 Å². The van der Waals surface area contributed by atoms with Crippen LogP contribution in [0.2, 0.25) is 0 Å². The first kappa shape index (κ1) is 20.4. The summed E-state index contributed by atoms with van der Waals surface area (Å²) in [6, 6.07) is 4.20. The maximum absolute atomic E-state index is 13.0. The molecule has 1 heterocycles. The monoisotopic (exact) mass is 391 g/mol. The molecule has 0 aliphatic heterocycles. The minimum atomic E-state index is -0.790. The van der Waals surface area contributed by atoms with Gasteiger partial charge in [-0.05, 0) is 19.1 Å². The number of nitro benzene ring substituents is 2. The van der Waals surface area contributed by atoms with Crippen molar-refractivity contribution in [2.24, 2.45) is 5.10 Å². The third-order valence-corrected chi connectivity index (χ3v) is 3.32. The van der Waals surface area contributed by atoms with Gasteiger partial charge in [0.2, 0.25) is 0 Å². The minimum Gasteiger partial charge on any atom is -0.460 e. The quantitative estimate of drug-likeness (QED) is 0.312. The summed E-state index contributed by atoms with van der Waals surface area (Å²) in [5.41, 5.74) is 1.98. The Bertz CT molecular complexity index is 949. The molecule has 11 nitrogen and oxygen atoms in total. The molecule has 1 N–H and O–H groups in total. The van der Waals surface area contributed by atoms with Gasteiger partial charge in [0.1, 0.15) is 18.1 Å². The van der Waals surface area contributed by atoms with Crippen LogP contribution >= 0.6 is 0 Å². The van der Waals surface area contributed by atoms with E-state index >= 15 is 0 Å². The van der Waals surface area contributed by atoms with Gasteiger partial charge in [0.25, 0.3) is 5.69 Å². The number of nitro groups is 2. The lowest BCUT2D eigenvalue weighted by Crippen LogP contribution is -2.11. The fourth-order valence-corrected chi connectivity index (χ4v) is 2.03. The standard InChI is InChI=1S/C16H14FN5O6/c1-10(4-16(23)28-9-11-5-12(17)8-18-7-11)19-20-14-3-2-13(21(24)25)6-15(14)22(26)27/h2-3,5-8,20H,4,9H2,1H3/b19-10+. The Balaban J connectivity index is 1.97. The van der Waals surface area contributed by atoms with E-state index in [-0.39, 0.29) is 24.4 Å². The highest BCUT2D eigenvalue weighted by Gasteiger charge is 2.19. The van der Waals surface area contributed by atoms with Gasteiger partial charge in [0.15, 0.2) is 0 Å². The molecule has 2 aromatic rings. The summed E-state index contributed by atoms with van der Waals surface area (Å²) in [4.78, 5) is 35.6. The first-order valence-electron chi connectivity index (χ1n) is 7.73. The third kappa shape index (κ3) is 5.79. The molecule has 0 amide bonds. The van der Waals surface area contributed by atoms with Crippen LogP contribution in [-0.2, 0) is 16.1 Å². The Labute approximate surface area is 157 Å². The van der Waals surface area contributed by atoms with Crippen molar-refractivity contribution in [3.63, 3.8) is 0 Å². The molecule has 1 aromatic carbocycles. The van der Waals surface area contributed by atoms with Gasteiger partial charge in [-0.25, -0.2) is 4.39 Å². The number of pyridine rings is 1. The molecule has 0 spiro atoms. The number of carbonyl (C=O) groups excluding carboxylic acids is 1. The number of hydrazone groups is 1. The number of halogens is 1. The average Bonchev–Trinajstić information content (AvgIpc) is 2.64. The molecule has 146 valence electrons. The molecule has 12 heteroatoms. The average molecular weight is 391 g/mol. The number of carbonyl (C=O) groups is 1. The van der Waals surface area contributed by atoms with E-state index in [4.69, 9.17) is 4.74 Å². The number of hydrogen-bond acceptors (Lipinski definition) is 9. The van der Waals surface area contributed by atoms with Gasteiger partial charge in [-0.2, -0.15) is 5.10 Å². The third-order valence-electron chi connectivity index (χ3n) is 3.32. The molecule has 0 saturated carbocycles. The van der Waals surface area contributed by atoms with Gasteiger partial charge in [0, 0.05) is 23.5 Å². The lowest BCUT2D eigenvalue weighted by molar-refractivity contribution is -0.393. The van der Waals surface area contributed by atoms with Crippen LogP contribution in [-0.4, -0.2) is 26.5 Å². The maximum Gasteiger partial charge on any atom is 0.311 e. The zero-order valence-corrected chi connectivity index (χ0v) is 14.5. The number of aromatic nitrogens is 1. The molecule has 0 unspecified atom stereocenters. The van der Waals surface area contributed by atoms with Gasteiger partial charge >= 0.3 is 11.7 Å². The van der Waals surface area contributed by atoms with E-state index in [1.54, 1.807) is 0 Å². The van der Waals surface area contributed by atoms with E-state index < -0.39 is 33.0 Å². The Hall–Kier alpha value is -3.96. The molecule has 2 rings (SSSR count). The van der Waals surface area contributed by atoms with Crippen LogP contribution in [0.3, 0.4) is 0 Å². The second kappa shape index (κ2) is 9.12. The smallest absolute Gasteiger partial charge is 0.311 e. The maximum atomic E-state index is 13.0. The normalized spacial score (nSPS) is 11.0. The number of benzene rings is 1. The first-order chi connectivity index (χ1) is 13.3. The van der Waals surface area contributed by atoms with E-state index in [1.807, 2.05) is 0 Å². The summed E-state index contributed by atoms with van der Waals surface area (Å²) in [5.74, 6) is -1.20. The molecule has 0 bridgehead atoms. The molecule has 28 heavy (non-hydrogen) atoms. The Kier molecular flexibility index (Phi) is 6.63. The summed E-state index contributed by atoms with van der Waals surface area (Å²) in [7, 11) is 0. The molecule has 0 fully saturated rings. The molecule has 0 atom stereocenters. The van der Waals surface area contributed by atoms with E-state index in [0.717, 1.165) is 24.4 Å². The van der Waals surface area contributed by atoms with Crippen molar-refractivity contribution in [2.45, 2.75) is 20.0 Å². The highest BCUT2D eigenvalue weighted by atomic mass is 19.1. The Morgan fingerprint density at radius 1 is 1.25 bits per heavy atom. The number of hydrogen-bond donors (Lipinski definition) is 1. The van der Waals surface area contributed by atoms with Crippen molar-refractivity contribution < 1.29 is 23.8 Å². The van der Waals surface area contributed by atoms with Gasteiger partial charge in [0.05, 0.1) is 28.5 Å². The summed E-state index contributed by atoms with van der Waals surface area (Å²) in [6.07, 6.45) is 2.15. The highest BCUT2D eigenvalue weighted by molar-refractivity contribution is 5.97. The molecule has 0 aliphatic carbocycles. The summed E-state index contributed by atoms with van der Waals surface area (Å²) in [5, 5.41) is 25.6. The lowest BCUT2D eigenvalue weighted by Gasteiger charge is -2.06. The number of rotatable bonds is 8. The zero-order valence-electron chi connectivity index (χ0n) is 14.5. The predicted octanol–water partition coefficient (Wildman–Crippen LogP) is 2.96. The second-order valence-corrected chi connectivity index (χ2v) is 5.52. The van der Waals surface area contributed by atoms with Crippen LogP contribution in [0.1, 0.15) is 18.9 Å².